The third-order valence-electron chi connectivity index (χ3n) is 2.43. The van der Waals surface area contributed by atoms with E-state index in [4.69, 9.17) is 14.9 Å². The third kappa shape index (κ3) is 5.14. The summed E-state index contributed by atoms with van der Waals surface area (Å²) in [6, 6.07) is 7.47. The minimum Gasteiger partial charge on any atom is -0.494 e. The zero-order valence-corrected chi connectivity index (χ0v) is 9.56. The smallest absolute Gasteiger partial charge is 0.119 e. The number of rotatable bonds is 8. The Morgan fingerprint density at radius 2 is 1.56 bits per heavy atom. The van der Waals surface area contributed by atoms with Crippen LogP contribution in [0.5, 0.6) is 5.75 Å². The van der Waals surface area contributed by atoms with Crippen LogP contribution in [-0.2, 0) is 6.61 Å². The Labute approximate surface area is 96.7 Å². The minimum absolute atomic E-state index is 0.0709. The maximum absolute atomic E-state index is 8.86. The maximum Gasteiger partial charge on any atom is 0.119 e. The molecule has 0 aliphatic carbocycles. The van der Waals surface area contributed by atoms with Crippen LogP contribution in [0.15, 0.2) is 24.3 Å². The summed E-state index contributed by atoms with van der Waals surface area (Å²) in [5, 5.41) is 17.5. The second kappa shape index (κ2) is 8.13. The molecule has 0 spiro atoms. The summed E-state index contributed by atoms with van der Waals surface area (Å²) in [6.07, 6.45) is 4.05. The molecule has 1 rings (SSSR count). The van der Waals surface area contributed by atoms with Crippen molar-refractivity contribution in [2.24, 2.45) is 0 Å². The topological polar surface area (TPSA) is 49.7 Å². The van der Waals surface area contributed by atoms with Crippen LogP contribution < -0.4 is 4.74 Å². The molecule has 0 bridgehead atoms. The molecule has 0 aliphatic rings. The molecule has 0 atom stereocenters. The first-order chi connectivity index (χ1) is 7.86. The molecular weight excluding hydrogens is 204 g/mol. The standard InChI is InChI=1S/C13H20O3/c14-9-3-1-2-4-10-16-13-7-5-12(11-15)6-8-13/h5-8,14-15H,1-4,9-11H2. The summed E-state index contributed by atoms with van der Waals surface area (Å²) in [6.45, 7) is 1.06. The van der Waals surface area contributed by atoms with Crippen molar-refractivity contribution in [3.8, 4) is 5.75 Å². The van der Waals surface area contributed by atoms with Gasteiger partial charge in [0.15, 0.2) is 0 Å². The first kappa shape index (κ1) is 13.0. The Kier molecular flexibility index (Phi) is 6.61. The lowest BCUT2D eigenvalue weighted by Crippen LogP contribution is -1.97. The molecule has 0 unspecified atom stereocenters. The molecule has 1 aromatic carbocycles. The molecule has 0 aliphatic heterocycles. The van der Waals surface area contributed by atoms with Gasteiger partial charge in [-0.15, -0.1) is 0 Å². The fourth-order valence-corrected chi connectivity index (χ4v) is 1.45. The molecule has 0 saturated heterocycles. The van der Waals surface area contributed by atoms with Crippen LogP contribution >= 0.6 is 0 Å². The van der Waals surface area contributed by atoms with E-state index in [0.717, 1.165) is 37.0 Å². The molecule has 0 fully saturated rings. The highest BCUT2D eigenvalue weighted by molar-refractivity contribution is 5.26. The number of unbranched alkanes of at least 4 members (excludes halogenated alkanes) is 3. The van der Waals surface area contributed by atoms with Gasteiger partial charge in [-0.3, -0.25) is 0 Å². The predicted molar refractivity (Wildman–Crippen MR) is 63.4 cm³/mol. The maximum atomic E-state index is 8.86. The fourth-order valence-electron chi connectivity index (χ4n) is 1.45. The highest BCUT2D eigenvalue weighted by Crippen LogP contribution is 2.12. The van der Waals surface area contributed by atoms with Crippen molar-refractivity contribution >= 4 is 0 Å². The van der Waals surface area contributed by atoms with Crippen LogP contribution in [0, 0.1) is 0 Å². The van der Waals surface area contributed by atoms with E-state index in [-0.39, 0.29) is 13.2 Å². The number of hydrogen-bond acceptors (Lipinski definition) is 3. The van der Waals surface area contributed by atoms with Crippen molar-refractivity contribution in [2.45, 2.75) is 32.3 Å². The molecule has 1 aromatic rings. The lowest BCUT2D eigenvalue weighted by atomic mass is 10.2. The zero-order valence-electron chi connectivity index (χ0n) is 9.56. The van der Waals surface area contributed by atoms with E-state index in [9.17, 15) is 0 Å². The Bertz CT molecular complexity index is 269. The van der Waals surface area contributed by atoms with Gasteiger partial charge in [0, 0.05) is 6.61 Å². The van der Waals surface area contributed by atoms with Gasteiger partial charge < -0.3 is 14.9 Å². The van der Waals surface area contributed by atoms with Gasteiger partial charge in [0.1, 0.15) is 5.75 Å². The molecule has 0 aromatic heterocycles. The van der Waals surface area contributed by atoms with Crippen LogP contribution in [0.1, 0.15) is 31.2 Å². The molecule has 0 heterocycles. The van der Waals surface area contributed by atoms with Crippen LogP contribution in [0.2, 0.25) is 0 Å². The number of aliphatic hydroxyl groups is 2. The summed E-state index contributed by atoms with van der Waals surface area (Å²) >= 11 is 0. The SMILES string of the molecule is OCCCCCCOc1ccc(CO)cc1. The second-order valence-corrected chi connectivity index (χ2v) is 3.79. The Morgan fingerprint density at radius 3 is 2.19 bits per heavy atom. The zero-order chi connectivity index (χ0) is 11.6. The van der Waals surface area contributed by atoms with Crippen LogP contribution in [0.3, 0.4) is 0 Å². The lowest BCUT2D eigenvalue weighted by molar-refractivity contribution is 0.272. The van der Waals surface area contributed by atoms with Crippen molar-refractivity contribution < 1.29 is 14.9 Å². The van der Waals surface area contributed by atoms with Gasteiger partial charge in [0.2, 0.25) is 0 Å². The highest BCUT2D eigenvalue weighted by Gasteiger charge is 1.95. The minimum atomic E-state index is 0.0709. The monoisotopic (exact) mass is 224 g/mol. The Hall–Kier alpha value is -1.06. The Morgan fingerprint density at radius 1 is 0.875 bits per heavy atom. The molecule has 90 valence electrons. The van der Waals surface area contributed by atoms with Gasteiger partial charge in [-0.2, -0.15) is 0 Å². The van der Waals surface area contributed by atoms with Crippen molar-refractivity contribution in [3.05, 3.63) is 29.8 Å². The van der Waals surface area contributed by atoms with Crippen molar-refractivity contribution in [2.75, 3.05) is 13.2 Å². The van der Waals surface area contributed by atoms with Crippen LogP contribution in [0.25, 0.3) is 0 Å². The molecular formula is C13H20O3. The predicted octanol–water partition coefficient (Wildman–Crippen LogP) is 2.11. The van der Waals surface area contributed by atoms with Crippen molar-refractivity contribution in [1.29, 1.82) is 0 Å². The molecule has 3 nitrogen and oxygen atoms in total. The van der Waals surface area contributed by atoms with Gasteiger partial charge in [-0.1, -0.05) is 18.6 Å². The first-order valence-electron chi connectivity index (χ1n) is 5.80. The fraction of sp³-hybridized carbons (Fsp3) is 0.538. The number of hydrogen-bond donors (Lipinski definition) is 2. The summed E-state index contributed by atoms with van der Waals surface area (Å²) in [7, 11) is 0. The van der Waals surface area contributed by atoms with E-state index < -0.39 is 0 Å². The van der Waals surface area contributed by atoms with Crippen molar-refractivity contribution in [1.82, 2.24) is 0 Å². The molecule has 2 N–H and O–H groups in total. The highest BCUT2D eigenvalue weighted by atomic mass is 16.5. The van der Waals surface area contributed by atoms with Crippen LogP contribution in [0.4, 0.5) is 0 Å². The van der Waals surface area contributed by atoms with Gasteiger partial charge in [0.05, 0.1) is 13.2 Å². The molecule has 0 radical (unpaired) electrons. The van der Waals surface area contributed by atoms with Crippen LogP contribution in [-0.4, -0.2) is 23.4 Å². The van der Waals surface area contributed by atoms with Gasteiger partial charge in [-0.25, -0.2) is 0 Å². The normalized spacial score (nSPS) is 10.4. The lowest BCUT2D eigenvalue weighted by Gasteiger charge is -2.06. The summed E-state index contributed by atoms with van der Waals surface area (Å²) in [5.74, 6) is 0.847. The summed E-state index contributed by atoms with van der Waals surface area (Å²) in [5.41, 5.74) is 0.898. The number of aliphatic hydroxyl groups excluding tert-OH is 2. The number of ether oxygens (including phenoxy) is 1. The van der Waals surface area contributed by atoms with E-state index in [1.165, 1.54) is 0 Å². The number of benzene rings is 1. The van der Waals surface area contributed by atoms with E-state index in [2.05, 4.69) is 0 Å². The second-order valence-electron chi connectivity index (χ2n) is 3.79. The quantitative estimate of drug-likeness (QED) is 0.665. The average molecular weight is 224 g/mol. The molecule has 16 heavy (non-hydrogen) atoms. The summed E-state index contributed by atoms with van der Waals surface area (Å²) in [4.78, 5) is 0. The van der Waals surface area contributed by atoms with E-state index >= 15 is 0 Å². The van der Waals surface area contributed by atoms with Gasteiger partial charge in [0.25, 0.3) is 0 Å². The first-order valence-corrected chi connectivity index (χ1v) is 5.80. The summed E-state index contributed by atoms with van der Waals surface area (Å²) < 4.78 is 5.54. The van der Waals surface area contributed by atoms with E-state index in [1.807, 2.05) is 24.3 Å². The molecule has 0 amide bonds. The van der Waals surface area contributed by atoms with E-state index in [1.54, 1.807) is 0 Å². The average Bonchev–Trinajstić information content (AvgIpc) is 2.34. The largest absolute Gasteiger partial charge is 0.494 e. The van der Waals surface area contributed by atoms with Crippen molar-refractivity contribution in [3.63, 3.8) is 0 Å². The van der Waals surface area contributed by atoms with Gasteiger partial charge in [-0.05, 0) is 37.0 Å². The molecule has 3 heteroatoms. The third-order valence-corrected chi connectivity index (χ3v) is 2.43. The molecule has 0 saturated carbocycles. The Balaban J connectivity index is 2.12. The van der Waals surface area contributed by atoms with Gasteiger partial charge >= 0.3 is 0 Å². The van der Waals surface area contributed by atoms with E-state index in [0.29, 0.717) is 6.61 Å².